The lowest BCUT2D eigenvalue weighted by atomic mass is 10.1. The second-order valence-electron chi connectivity index (χ2n) is 6.77. The molecule has 0 radical (unpaired) electrons. The maximum atomic E-state index is 12.2. The molecule has 1 aliphatic rings. The highest BCUT2D eigenvalue weighted by atomic mass is 16.5. The number of ether oxygens (including phenoxy) is 2. The molecule has 0 aliphatic carbocycles. The lowest BCUT2D eigenvalue weighted by molar-refractivity contribution is -0.128. The number of anilines is 1. The van der Waals surface area contributed by atoms with E-state index < -0.39 is 0 Å². The van der Waals surface area contributed by atoms with Gasteiger partial charge in [-0.1, -0.05) is 30.3 Å². The zero-order valence-electron chi connectivity index (χ0n) is 16.1. The average Bonchev–Trinajstić information content (AvgIpc) is 3.06. The Bertz CT molecular complexity index is 803. The highest BCUT2D eigenvalue weighted by Crippen LogP contribution is 2.25. The van der Waals surface area contributed by atoms with Crippen LogP contribution in [0.3, 0.4) is 0 Å². The van der Waals surface area contributed by atoms with Gasteiger partial charge in [-0.25, -0.2) is 4.79 Å². The van der Waals surface area contributed by atoms with E-state index in [1.165, 1.54) is 0 Å². The van der Waals surface area contributed by atoms with E-state index in [0.717, 1.165) is 5.56 Å². The molecule has 1 saturated heterocycles. The van der Waals surface area contributed by atoms with Gasteiger partial charge in [0.2, 0.25) is 5.91 Å². The molecule has 2 aromatic carbocycles. The van der Waals surface area contributed by atoms with Crippen molar-refractivity contribution in [1.82, 2.24) is 10.2 Å². The molecule has 7 heteroatoms. The van der Waals surface area contributed by atoms with Crippen molar-refractivity contribution in [3.8, 4) is 11.5 Å². The van der Waals surface area contributed by atoms with Crippen molar-refractivity contribution >= 4 is 17.6 Å². The fourth-order valence-electron chi connectivity index (χ4n) is 3.24. The van der Waals surface area contributed by atoms with E-state index in [1.54, 1.807) is 32.4 Å². The van der Waals surface area contributed by atoms with Gasteiger partial charge < -0.3 is 25.0 Å². The minimum absolute atomic E-state index is 0.0989. The summed E-state index contributed by atoms with van der Waals surface area (Å²) in [7, 11) is 3.11. The highest BCUT2D eigenvalue weighted by Gasteiger charge is 2.29. The number of urea groups is 1. The number of amides is 3. The number of carbonyl (C=O) groups excluding carboxylic acids is 2. The number of carbonyl (C=O) groups is 2. The smallest absolute Gasteiger partial charge is 0.319 e. The van der Waals surface area contributed by atoms with Gasteiger partial charge in [0, 0.05) is 55.9 Å². The number of benzene rings is 2. The molecule has 3 rings (SSSR count). The third kappa shape index (κ3) is 5.16. The molecule has 148 valence electrons. The first kappa shape index (κ1) is 19.5. The van der Waals surface area contributed by atoms with Crippen LogP contribution in [0.2, 0.25) is 0 Å². The molecule has 0 aromatic heterocycles. The summed E-state index contributed by atoms with van der Waals surface area (Å²) in [4.78, 5) is 26.3. The Balaban J connectivity index is 1.49. The molecule has 1 unspecified atom stereocenters. The van der Waals surface area contributed by atoms with Crippen molar-refractivity contribution in [2.75, 3.05) is 32.6 Å². The molecule has 1 fully saturated rings. The molecular weight excluding hydrogens is 358 g/mol. The van der Waals surface area contributed by atoms with Crippen LogP contribution in [0.4, 0.5) is 10.5 Å². The van der Waals surface area contributed by atoms with Crippen LogP contribution >= 0.6 is 0 Å². The van der Waals surface area contributed by atoms with Crippen molar-refractivity contribution in [2.24, 2.45) is 5.92 Å². The Kier molecular flexibility index (Phi) is 6.37. The van der Waals surface area contributed by atoms with Crippen molar-refractivity contribution < 1.29 is 19.1 Å². The summed E-state index contributed by atoms with van der Waals surface area (Å²) in [5, 5.41) is 5.61. The van der Waals surface area contributed by atoms with Crippen LogP contribution in [0.1, 0.15) is 12.0 Å². The SMILES string of the molecule is COc1cc(NC(=O)NCC2CC(=O)N(Cc3ccccc3)C2)cc(OC)c1. The fourth-order valence-corrected chi connectivity index (χ4v) is 3.24. The maximum absolute atomic E-state index is 12.2. The number of likely N-dealkylation sites (tertiary alicyclic amines) is 1. The summed E-state index contributed by atoms with van der Waals surface area (Å²) < 4.78 is 10.4. The molecule has 3 amide bonds. The van der Waals surface area contributed by atoms with Crippen molar-refractivity contribution in [2.45, 2.75) is 13.0 Å². The van der Waals surface area contributed by atoms with Gasteiger partial charge in [0.15, 0.2) is 0 Å². The van der Waals surface area contributed by atoms with Crippen LogP contribution in [-0.4, -0.2) is 44.1 Å². The normalized spacial score (nSPS) is 16.0. The third-order valence-electron chi connectivity index (χ3n) is 4.67. The summed E-state index contributed by atoms with van der Waals surface area (Å²) in [5.74, 6) is 1.40. The van der Waals surface area contributed by atoms with Gasteiger partial charge in [0.25, 0.3) is 0 Å². The van der Waals surface area contributed by atoms with Gasteiger partial charge in [0.05, 0.1) is 14.2 Å². The third-order valence-corrected chi connectivity index (χ3v) is 4.67. The van der Waals surface area contributed by atoms with E-state index >= 15 is 0 Å². The van der Waals surface area contributed by atoms with Gasteiger partial charge in [-0.15, -0.1) is 0 Å². The predicted octanol–water partition coefficient (Wildman–Crippen LogP) is 2.87. The Morgan fingerprint density at radius 2 is 1.79 bits per heavy atom. The summed E-state index contributed by atoms with van der Waals surface area (Å²) in [6.45, 7) is 1.68. The molecular formula is C21H25N3O4. The number of nitrogens with zero attached hydrogens (tertiary/aromatic N) is 1. The topological polar surface area (TPSA) is 79.9 Å². The number of hydrogen-bond acceptors (Lipinski definition) is 4. The predicted molar refractivity (Wildman–Crippen MR) is 107 cm³/mol. The molecule has 1 aliphatic heterocycles. The molecule has 1 heterocycles. The van der Waals surface area contributed by atoms with E-state index in [0.29, 0.717) is 43.2 Å². The number of nitrogens with one attached hydrogen (secondary N) is 2. The zero-order chi connectivity index (χ0) is 19.9. The minimum Gasteiger partial charge on any atom is -0.497 e. The van der Waals surface area contributed by atoms with Gasteiger partial charge in [-0.05, 0) is 5.56 Å². The number of rotatable bonds is 7. The first-order chi connectivity index (χ1) is 13.6. The Morgan fingerprint density at radius 1 is 1.11 bits per heavy atom. The molecule has 2 N–H and O–H groups in total. The van der Waals surface area contributed by atoms with Crippen LogP contribution in [0, 0.1) is 5.92 Å². The second-order valence-corrected chi connectivity index (χ2v) is 6.77. The molecule has 28 heavy (non-hydrogen) atoms. The molecule has 1 atom stereocenters. The lowest BCUT2D eigenvalue weighted by Crippen LogP contribution is -2.34. The van der Waals surface area contributed by atoms with Gasteiger partial charge in [-0.3, -0.25) is 4.79 Å². The van der Waals surface area contributed by atoms with Crippen molar-refractivity contribution in [3.63, 3.8) is 0 Å². The second kappa shape index (κ2) is 9.12. The summed E-state index contributed by atoms with van der Waals surface area (Å²) in [6.07, 6.45) is 0.445. The van der Waals surface area contributed by atoms with E-state index in [2.05, 4.69) is 10.6 Å². The monoisotopic (exact) mass is 383 g/mol. The Hall–Kier alpha value is -3.22. The van der Waals surface area contributed by atoms with E-state index in [9.17, 15) is 9.59 Å². The summed E-state index contributed by atoms with van der Waals surface area (Å²) >= 11 is 0. The van der Waals surface area contributed by atoms with Crippen LogP contribution in [-0.2, 0) is 11.3 Å². The molecule has 7 nitrogen and oxygen atoms in total. The van der Waals surface area contributed by atoms with E-state index in [-0.39, 0.29) is 17.9 Å². The number of hydrogen-bond donors (Lipinski definition) is 2. The van der Waals surface area contributed by atoms with Gasteiger partial charge >= 0.3 is 6.03 Å². The quantitative estimate of drug-likeness (QED) is 0.771. The van der Waals surface area contributed by atoms with Gasteiger partial charge in [0.1, 0.15) is 11.5 Å². The van der Waals surface area contributed by atoms with Crippen LogP contribution in [0.15, 0.2) is 48.5 Å². The lowest BCUT2D eigenvalue weighted by Gasteiger charge is -2.17. The van der Waals surface area contributed by atoms with E-state index in [1.807, 2.05) is 35.2 Å². The van der Waals surface area contributed by atoms with Crippen molar-refractivity contribution in [3.05, 3.63) is 54.1 Å². The largest absolute Gasteiger partial charge is 0.497 e. The van der Waals surface area contributed by atoms with Crippen LogP contribution in [0.25, 0.3) is 0 Å². The molecule has 0 spiro atoms. The first-order valence-corrected chi connectivity index (χ1v) is 9.17. The van der Waals surface area contributed by atoms with Crippen LogP contribution < -0.4 is 20.1 Å². The van der Waals surface area contributed by atoms with E-state index in [4.69, 9.17) is 9.47 Å². The molecule has 0 saturated carbocycles. The average molecular weight is 383 g/mol. The highest BCUT2D eigenvalue weighted by molar-refractivity contribution is 5.89. The summed E-state index contributed by atoms with van der Waals surface area (Å²) in [5.41, 5.74) is 1.68. The molecule has 0 bridgehead atoms. The standard InChI is InChI=1S/C21H25N3O4/c1-27-18-9-17(10-19(11-18)28-2)23-21(26)22-12-16-8-20(25)24(14-16)13-15-6-4-3-5-7-15/h3-7,9-11,16H,8,12-14H2,1-2H3,(H2,22,23,26). The van der Waals surface area contributed by atoms with Crippen LogP contribution in [0.5, 0.6) is 11.5 Å². The number of methoxy groups -OCH3 is 2. The van der Waals surface area contributed by atoms with Gasteiger partial charge in [-0.2, -0.15) is 0 Å². The summed E-state index contributed by atoms with van der Waals surface area (Å²) in [6, 6.07) is 14.7. The van der Waals surface area contributed by atoms with Crippen molar-refractivity contribution in [1.29, 1.82) is 0 Å². The fraction of sp³-hybridized carbons (Fsp3) is 0.333. The minimum atomic E-state index is -0.329. The Morgan fingerprint density at radius 3 is 2.43 bits per heavy atom. The Labute approximate surface area is 164 Å². The maximum Gasteiger partial charge on any atom is 0.319 e. The first-order valence-electron chi connectivity index (χ1n) is 9.17. The zero-order valence-corrected chi connectivity index (χ0v) is 16.1. The molecule has 2 aromatic rings.